The molecule has 10 heteroatoms. The van der Waals surface area contributed by atoms with E-state index in [1.807, 2.05) is 0 Å². The molecule has 166 valence electrons. The van der Waals surface area contributed by atoms with Crippen LogP contribution in [0.2, 0.25) is 0 Å². The van der Waals surface area contributed by atoms with E-state index in [0.29, 0.717) is 0 Å². The molecule has 0 saturated carbocycles. The standard InChI is InChI=1S/C25H6F5N5/c1-34-19(11-33)13-4-6-14(16(8-13)15-5-3-12(9-31)7-18(15)26)17(10-32)20-21(27)23(29)25(35-2)24(30)22(20)28/h3-8H/b17-14+,19-13+. The van der Waals surface area contributed by atoms with Crippen LogP contribution in [-0.2, 0) is 0 Å². The van der Waals surface area contributed by atoms with Gasteiger partial charge in [0.25, 0.3) is 11.4 Å². The van der Waals surface area contributed by atoms with Gasteiger partial charge in [0, 0.05) is 10.8 Å². The van der Waals surface area contributed by atoms with E-state index in [-0.39, 0.29) is 21.9 Å². The monoisotopic (exact) mass is 471 g/mol. The summed E-state index contributed by atoms with van der Waals surface area (Å²) in [6.07, 6.45) is 0. The molecule has 0 N–H and O–H groups in total. The first kappa shape index (κ1) is 24.1. The molecule has 0 unspecified atom stereocenters. The van der Waals surface area contributed by atoms with Gasteiger partial charge in [-0.1, -0.05) is 24.3 Å². The van der Waals surface area contributed by atoms with Crippen LogP contribution in [0.3, 0.4) is 0 Å². The summed E-state index contributed by atoms with van der Waals surface area (Å²) >= 11 is 0. The predicted molar refractivity (Wildman–Crippen MR) is 112 cm³/mol. The Hall–Kier alpha value is -5.50. The summed E-state index contributed by atoms with van der Waals surface area (Å²) in [5, 5.41) is 27.4. The van der Waals surface area contributed by atoms with Gasteiger partial charge in [-0.2, -0.15) is 10.5 Å². The Morgan fingerprint density at radius 2 is 1.43 bits per heavy atom. The van der Waals surface area contributed by atoms with E-state index in [0.717, 1.165) is 30.3 Å². The molecular weight excluding hydrogens is 465 g/mol. The van der Waals surface area contributed by atoms with E-state index >= 15 is 0 Å². The zero-order chi connectivity index (χ0) is 25.9. The van der Waals surface area contributed by atoms with Crippen LogP contribution in [0, 0.1) is 76.2 Å². The van der Waals surface area contributed by atoms with Crippen LogP contribution in [-0.4, -0.2) is 0 Å². The van der Waals surface area contributed by atoms with Crippen molar-refractivity contribution in [2.45, 2.75) is 0 Å². The van der Waals surface area contributed by atoms with E-state index in [9.17, 15) is 32.5 Å². The summed E-state index contributed by atoms with van der Waals surface area (Å²) in [7, 11) is 0. The highest BCUT2D eigenvalue weighted by Crippen LogP contribution is 2.33. The summed E-state index contributed by atoms with van der Waals surface area (Å²) in [4.78, 5) is 5.46. The smallest absolute Gasteiger partial charge is 0.232 e. The van der Waals surface area contributed by atoms with Crippen LogP contribution in [0.15, 0.2) is 36.4 Å². The van der Waals surface area contributed by atoms with Crippen LogP contribution in [0.5, 0.6) is 0 Å². The maximum Gasteiger partial charge on any atom is 0.268 e. The van der Waals surface area contributed by atoms with Gasteiger partial charge in [0.1, 0.15) is 11.9 Å². The van der Waals surface area contributed by atoms with Crippen LogP contribution >= 0.6 is 0 Å². The van der Waals surface area contributed by atoms with Crippen molar-refractivity contribution in [2.75, 3.05) is 0 Å². The van der Waals surface area contributed by atoms with Gasteiger partial charge in [-0.25, -0.2) is 36.9 Å². The van der Waals surface area contributed by atoms with Crippen LogP contribution in [0.25, 0.3) is 32.1 Å². The second-order valence-corrected chi connectivity index (χ2v) is 6.72. The minimum absolute atomic E-state index is 0.0380. The van der Waals surface area contributed by atoms with Gasteiger partial charge in [0.2, 0.25) is 0 Å². The van der Waals surface area contributed by atoms with E-state index in [1.165, 1.54) is 12.1 Å². The third-order valence-electron chi connectivity index (χ3n) is 4.88. The Morgan fingerprint density at radius 3 is 1.91 bits per heavy atom. The topological polar surface area (TPSA) is 80.1 Å². The molecule has 0 aliphatic rings. The fourth-order valence-corrected chi connectivity index (χ4v) is 3.28. The Kier molecular flexibility index (Phi) is 6.59. The zero-order valence-corrected chi connectivity index (χ0v) is 17.1. The van der Waals surface area contributed by atoms with E-state index in [1.54, 1.807) is 12.1 Å². The number of halogens is 5. The average molecular weight is 471 g/mol. The van der Waals surface area contributed by atoms with Gasteiger partial charge in [0.05, 0.1) is 42.0 Å². The maximum atomic E-state index is 14.9. The lowest BCUT2D eigenvalue weighted by Crippen LogP contribution is -2.18. The summed E-state index contributed by atoms with van der Waals surface area (Å²) in [6, 6.07) is 11.2. The number of hydrogen-bond donors (Lipinski definition) is 0. The van der Waals surface area contributed by atoms with Crippen molar-refractivity contribution >= 4 is 17.0 Å². The third kappa shape index (κ3) is 4.03. The van der Waals surface area contributed by atoms with Crippen LogP contribution in [0.1, 0.15) is 11.1 Å². The lowest BCUT2D eigenvalue weighted by atomic mass is 9.94. The molecule has 35 heavy (non-hydrogen) atoms. The first-order valence-electron chi connectivity index (χ1n) is 9.24. The number of benzene rings is 3. The molecule has 0 radical (unpaired) electrons. The first-order valence-corrected chi connectivity index (χ1v) is 9.24. The Bertz CT molecular complexity index is 1710. The largest absolute Gasteiger partial charge is 0.268 e. The molecule has 0 bridgehead atoms. The lowest BCUT2D eigenvalue weighted by Gasteiger charge is -2.11. The SMILES string of the molecule is [C-]#[N+]/C(C#N)=c1\cc/c(=C(/C#N)c2c(F)c(F)c([N+]#[C-])c(F)c2F)c(-c2ccc(C#N)cc2F)c1. The Labute approximate surface area is 194 Å². The van der Waals surface area contributed by atoms with Crippen molar-refractivity contribution in [3.63, 3.8) is 0 Å². The minimum atomic E-state index is -2.02. The molecule has 0 heterocycles. The second-order valence-electron chi connectivity index (χ2n) is 6.72. The molecule has 5 nitrogen and oxygen atoms in total. The molecule has 0 fully saturated rings. The van der Waals surface area contributed by atoms with Gasteiger partial charge in [-0.05, 0) is 22.9 Å². The number of nitrogens with zero attached hydrogens (tertiary/aromatic N) is 5. The average Bonchev–Trinajstić information content (AvgIpc) is 2.86. The van der Waals surface area contributed by atoms with Crippen molar-refractivity contribution < 1.29 is 22.0 Å². The quantitative estimate of drug-likeness (QED) is 0.308. The molecular formula is C25H6F5N5. The lowest BCUT2D eigenvalue weighted by molar-refractivity contribution is 0.457. The molecule has 0 amide bonds. The fourth-order valence-electron chi connectivity index (χ4n) is 3.28. The highest BCUT2D eigenvalue weighted by atomic mass is 19.2. The van der Waals surface area contributed by atoms with Crippen molar-refractivity contribution in [3.05, 3.63) is 110 Å². The molecule has 0 spiro atoms. The van der Waals surface area contributed by atoms with E-state index < -0.39 is 56.8 Å². The summed E-state index contributed by atoms with van der Waals surface area (Å²) < 4.78 is 72.9. The number of rotatable bonds is 2. The molecule has 0 saturated heterocycles. The molecule has 3 aromatic carbocycles. The van der Waals surface area contributed by atoms with Crippen molar-refractivity contribution in [1.82, 2.24) is 0 Å². The highest BCUT2D eigenvalue weighted by molar-refractivity contribution is 5.83. The normalized spacial score (nSPS) is 11.8. The van der Waals surface area contributed by atoms with E-state index in [2.05, 4.69) is 9.69 Å². The number of nitriles is 3. The van der Waals surface area contributed by atoms with Gasteiger partial charge >= 0.3 is 0 Å². The van der Waals surface area contributed by atoms with Crippen molar-refractivity contribution in [2.24, 2.45) is 0 Å². The molecule has 0 atom stereocenters. The fraction of sp³-hybridized carbons (Fsp3) is 0. The predicted octanol–water partition coefficient (Wildman–Crippen LogP) is 4.75. The zero-order valence-electron chi connectivity index (χ0n) is 17.1. The van der Waals surface area contributed by atoms with Gasteiger partial charge in [-0.15, -0.1) is 0 Å². The molecule has 0 aromatic heterocycles. The van der Waals surface area contributed by atoms with E-state index in [4.69, 9.17) is 18.4 Å². The van der Waals surface area contributed by atoms with Crippen molar-refractivity contribution in [1.29, 1.82) is 15.8 Å². The molecule has 0 aliphatic heterocycles. The van der Waals surface area contributed by atoms with Gasteiger partial charge < -0.3 is 0 Å². The third-order valence-corrected chi connectivity index (χ3v) is 4.88. The first-order chi connectivity index (χ1) is 16.7. The molecule has 3 rings (SSSR count). The molecule has 0 aliphatic carbocycles. The number of hydrogen-bond acceptors (Lipinski definition) is 3. The Balaban J connectivity index is 2.63. The van der Waals surface area contributed by atoms with Gasteiger partial charge in [0.15, 0.2) is 23.3 Å². The van der Waals surface area contributed by atoms with Crippen LogP contribution < -0.4 is 10.4 Å². The van der Waals surface area contributed by atoms with Crippen molar-refractivity contribution in [3.8, 4) is 29.3 Å². The maximum absolute atomic E-state index is 14.9. The summed E-state index contributed by atoms with van der Waals surface area (Å²) in [5.41, 5.74) is -4.97. The second kappa shape index (κ2) is 9.55. The van der Waals surface area contributed by atoms with Gasteiger partial charge in [-0.3, -0.25) is 0 Å². The molecule has 3 aromatic rings. The Morgan fingerprint density at radius 1 is 0.771 bits per heavy atom. The minimum Gasteiger partial charge on any atom is -0.232 e. The summed E-state index contributed by atoms with van der Waals surface area (Å²) in [5.74, 6) is -9.04. The summed E-state index contributed by atoms with van der Waals surface area (Å²) in [6.45, 7) is 13.8. The van der Waals surface area contributed by atoms with Crippen LogP contribution in [0.4, 0.5) is 27.6 Å². The highest BCUT2D eigenvalue weighted by Gasteiger charge is 2.28.